The maximum atomic E-state index is 12.5. The van der Waals surface area contributed by atoms with Crippen molar-refractivity contribution in [2.75, 3.05) is 92.6 Å². The molecule has 0 atom stereocenters. The van der Waals surface area contributed by atoms with Crippen LogP contribution in [0.15, 0.2) is 264 Å². The quantitative estimate of drug-likeness (QED) is 0.0304. The topological polar surface area (TPSA) is 349 Å². The minimum atomic E-state index is -3.84. The average molecular weight is 2140 g/mol. The second-order valence-electron chi connectivity index (χ2n) is 38.3. The third kappa shape index (κ3) is 40.9. The van der Waals surface area contributed by atoms with Gasteiger partial charge in [-0.1, -0.05) is 238 Å². The molecule has 37 heteroatoms. The smallest absolute Gasteiger partial charge is 0.258 e. The van der Waals surface area contributed by atoms with Crippen molar-refractivity contribution in [3.8, 4) is 0 Å². The first-order valence-electron chi connectivity index (χ1n) is 48.7. The van der Waals surface area contributed by atoms with Crippen molar-refractivity contribution in [1.82, 2.24) is 46.3 Å². The van der Waals surface area contributed by atoms with Gasteiger partial charge in [0, 0.05) is 97.5 Å². The summed E-state index contributed by atoms with van der Waals surface area (Å²) in [6.45, 7) is 30.0. The number of aryl methyl sites for hydroxylation is 8. The lowest BCUT2D eigenvalue weighted by atomic mass is 9.90. The molecule has 4 saturated heterocycles. The normalized spacial score (nSPS) is 16.8. The molecule has 0 bridgehead atoms. The molecule has 6 fully saturated rings. The van der Waals surface area contributed by atoms with E-state index in [1.165, 1.54) is 47.7 Å². The number of alkyl halides is 2. The molecule has 2 aliphatic carbocycles. The molecule has 9 aromatic rings. The molecule has 5 N–H and O–H groups in total. The van der Waals surface area contributed by atoms with Gasteiger partial charge in [0.05, 0.1) is 45.7 Å². The number of likely N-dealkylation sites (N-methyl/N-ethyl adjacent to an activating group) is 1. The Morgan fingerprint density at radius 1 is 0.331 bits per heavy atom. The zero-order valence-electron chi connectivity index (χ0n) is 84.7. The SMILES string of the molecule is CCC1CCN(S(=O)(=O)c2ccc(C)cc2)CC1.Cc1ccc(S(=O)(=O)N2CC(C)C2)cc1.Cc1ccc(S(=O)(=O)N2CCC(C)CC2)cc1.Cc1ccc(S(=O)(=O)NC2CCCCC2)cc1.Cc1ccc(S(=O)(=O)NC2CCN(Cc3ccccc3)CC2)cc1.Cc1ccc(S(=O)(=O)NCC(C)(F)F)cc1.Cc1ccc(S(=O)(=O)NCC2CCCCC2)cc1.Cc1ccc(S(=O)(=O)NCCN(C)C)cc1.Cl. The van der Waals surface area contributed by atoms with Gasteiger partial charge in [0.2, 0.25) is 80.2 Å². The average Bonchev–Trinajstić information content (AvgIpc) is 0.780. The molecule has 142 heavy (non-hydrogen) atoms. The summed E-state index contributed by atoms with van der Waals surface area (Å²) >= 11 is 0. The van der Waals surface area contributed by atoms with Gasteiger partial charge < -0.3 is 4.90 Å². The zero-order chi connectivity index (χ0) is 104. The van der Waals surface area contributed by atoms with Gasteiger partial charge in [-0.25, -0.2) is 99.7 Å². The Balaban J connectivity index is 0.000000221. The summed E-state index contributed by atoms with van der Waals surface area (Å²) < 4.78 is 236. The van der Waals surface area contributed by atoms with Crippen molar-refractivity contribution in [3.63, 3.8) is 0 Å². The maximum Gasteiger partial charge on any atom is 0.258 e. The Morgan fingerprint density at radius 3 is 0.951 bits per heavy atom. The van der Waals surface area contributed by atoms with Gasteiger partial charge in [-0.3, -0.25) is 4.90 Å². The molecule has 6 aliphatic rings. The van der Waals surface area contributed by atoms with Crippen LogP contribution in [0.5, 0.6) is 0 Å². The Bertz CT molecular complexity index is 6280. The fourth-order valence-corrected chi connectivity index (χ4v) is 26.6. The number of nitrogens with zero attached hydrogens (tertiary/aromatic N) is 5. The number of rotatable bonds is 28. The Hall–Kier alpha value is -7.67. The van der Waals surface area contributed by atoms with Gasteiger partial charge in [-0.15, -0.1) is 12.4 Å². The van der Waals surface area contributed by atoms with Crippen LogP contribution in [0.25, 0.3) is 0 Å². The molecule has 2 saturated carbocycles. The number of halogens is 3. The van der Waals surface area contributed by atoms with Crippen molar-refractivity contribution in [2.45, 2.75) is 256 Å². The van der Waals surface area contributed by atoms with Gasteiger partial charge in [-0.2, -0.15) is 12.9 Å². The first kappa shape index (κ1) is 121. The highest BCUT2D eigenvalue weighted by Crippen LogP contribution is 2.31. The van der Waals surface area contributed by atoms with E-state index in [1.54, 1.807) is 118 Å². The largest absolute Gasteiger partial charge is 0.308 e. The summed E-state index contributed by atoms with van der Waals surface area (Å²) in [7, 11) is -23.2. The van der Waals surface area contributed by atoms with Crippen molar-refractivity contribution < 1.29 is 76.1 Å². The lowest BCUT2D eigenvalue weighted by Crippen LogP contribution is -2.48. The number of hydrogen-bond acceptors (Lipinski definition) is 18. The number of hydrogen-bond donors (Lipinski definition) is 5. The molecule has 26 nitrogen and oxygen atoms in total. The summed E-state index contributed by atoms with van der Waals surface area (Å²) in [4.78, 5) is 6.93. The van der Waals surface area contributed by atoms with Crippen LogP contribution in [0, 0.1) is 79.1 Å². The van der Waals surface area contributed by atoms with Gasteiger partial charge in [0.25, 0.3) is 5.92 Å². The van der Waals surface area contributed by atoms with Gasteiger partial charge in [-0.05, 0) is 260 Å². The minimum Gasteiger partial charge on any atom is -0.308 e. The van der Waals surface area contributed by atoms with Crippen molar-refractivity contribution in [3.05, 3.63) is 275 Å². The third-order valence-corrected chi connectivity index (χ3v) is 38.4. The zero-order valence-corrected chi connectivity index (χ0v) is 92.1. The van der Waals surface area contributed by atoms with Crippen LogP contribution in [0.3, 0.4) is 0 Å². The lowest BCUT2D eigenvalue weighted by Gasteiger charge is -2.35. The van der Waals surface area contributed by atoms with Gasteiger partial charge in [0.1, 0.15) is 0 Å². The van der Waals surface area contributed by atoms with E-state index in [0.29, 0.717) is 124 Å². The number of likely N-dealkylation sites (tertiary alicyclic amines) is 1. The molecule has 15 rings (SSSR count). The van der Waals surface area contributed by atoms with Crippen LogP contribution in [-0.4, -0.2) is 201 Å². The highest BCUT2D eigenvalue weighted by molar-refractivity contribution is 7.91. The van der Waals surface area contributed by atoms with Crippen LogP contribution < -0.4 is 23.6 Å². The van der Waals surface area contributed by atoms with Crippen LogP contribution in [-0.2, 0) is 86.7 Å². The van der Waals surface area contributed by atoms with E-state index in [-0.39, 0.29) is 29.4 Å². The molecule has 4 heterocycles. The van der Waals surface area contributed by atoms with Crippen LogP contribution in [0.4, 0.5) is 8.78 Å². The number of sulfonamides is 8. The summed E-state index contributed by atoms with van der Waals surface area (Å²) in [5.41, 5.74) is 9.69. The Kier molecular flexibility index (Phi) is 48.7. The van der Waals surface area contributed by atoms with Gasteiger partial charge >= 0.3 is 0 Å². The van der Waals surface area contributed by atoms with E-state index in [0.717, 1.165) is 148 Å². The molecule has 786 valence electrons. The molecule has 0 amide bonds. The van der Waals surface area contributed by atoms with Crippen molar-refractivity contribution in [2.24, 2.45) is 23.7 Å². The van der Waals surface area contributed by atoms with Crippen molar-refractivity contribution in [1.29, 1.82) is 0 Å². The molecule has 0 radical (unpaired) electrons. The minimum absolute atomic E-state index is 0. The maximum absolute atomic E-state index is 12.5. The van der Waals surface area contributed by atoms with Crippen LogP contribution in [0.2, 0.25) is 0 Å². The van der Waals surface area contributed by atoms with Crippen LogP contribution >= 0.6 is 12.4 Å². The molecule has 4 aliphatic heterocycles. The lowest BCUT2D eigenvalue weighted by molar-refractivity contribution is 0.0281. The highest BCUT2D eigenvalue weighted by atomic mass is 35.5. The Labute approximate surface area is 855 Å². The fourth-order valence-electron chi connectivity index (χ4n) is 16.1. The molecule has 0 spiro atoms. The first-order valence-corrected chi connectivity index (χ1v) is 60.4. The molecule has 0 aromatic heterocycles. The Morgan fingerprint density at radius 2 is 0.627 bits per heavy atom. The summed E-state index contributed by atoms with van der Waals surface area (Å²) in [5, 5.41) is 0. The third-order valence-electron chi connectivity index (χ3n) is 25.4. The first-order chi connectivity index (χ1) is 66.3. The molecule has 0 unspecified atom stereocenters. The van der Waals surface area contributed by atoms with E-state index < -0.39 is 92.7 Å². The van der Waals surface area contributed by atoms with E-state index in [4.69, 9.17) is 0 Å². The summed E-state index contributed by atoms with van der Waals surface area (Å²) in [5.74, 6) is -0.726. The second-order valence-corrected chi connectivity index (χ2v) is 52.9. The van der Waals surface area contributed by atoms with E-state index in [9.17, 15) is 76.1 Å². The number of nitrogens with one attached hydrogen (secondary N) is 5. The van der Waals surface area contributed by atoms with E-state index in [2.05, 4.69) is 68.8 Å². The predicted molar refractivity (Wildman–Crippen MR) is 567 cm³/mol. The summed E-state index contributed by atoms with van der Waals surface area (Å²) in [6, 6.07) is 65.5. The molecular formula is C105H151ClF2N10O16S8. The molecular weight excluding hydrogens is 1990 g/mol. The second kappa shape index (κ2) is 57.0. The predicted octanol–water partition coefficient (Wildman–Crippen LogP) is 18.4. The standard InChI is InChI=1S/C19H24N2O2S.2C14H21NO2S.2C13H19NO2S.C11H18N2O2S.C11H15NO2S.C10H13F2NO2S.ClH/c1-16-7-9-19(10-8-16)24(22,23)20-18-11-13-21(14-12-18)15-17-5-3-2-4-6-17;1-12-7-9-14(10-8-12)18(16,17)15-11-13-5-3-2-4-6-13;1-3-13-8-10-15(11-9-13)18(16,17)14-6-4-12(2)5-7-14;1-11-3-5-13(6-4-11)17(15,16)14-9-7-12(2)8-10-14;1-11-7-9-13(10-8-11)17(15,16)14-12-5-3-2-4-6-12;1-10-4-6-11(7-5-10)16(14,15)12-8-9-13(2)3;1-9-3-5-11(6-4-9)15(13,14)12-7-10(2)8-12;1-8-3-5-9(6-4-8)16(14,15)13-7-10(2,11)12;/h2-10,18,20H,11-15H2,1H3;7-10,13,15H,2-6,11H2,1H3;4-7,13H,3,8-11H2,1-2H3;3-6,12H,7-10H2,1-2H3;7-10,12,14H,2-6H2,1H3;4-7,12H,8-9H2,1-3H3;3-6,10H,7-8H2,1-2H3;3-6,13H,7H2,1-2H3;1H. The molecule has 9 aromatic carbocycles. The fraction of sp³-hybridized carbons (Fsp3) is 0.486. The van der Waals surface area contributed by atoms with Crippen LogP contribution in [0.1, 0.15) is 187 Å². The number of piperidine rings is 3. The monoisotopic (exact) mass is 2140 g/mol. The highest BCUT2D eigenvalue weighted by Gasteiger charge is 2.36. The van der Waals surface area contributed by atoms with E-state index >= 15 is 0 Å². The van der Waals surface area contributed by atoms with E-state index in [1.807, 2.05) is 158 Å². The summed E-state index contributed by atoms with van der Waals surface area (Å²) in [6.07, 6.45) is 18.2. The number of benzene rings is 9. The van der Waals surface area contributed by atoms with Crippen molar-refractivity contribution >= 4 is 92.6 Å². The van der Waals surface area contributed by atoms with Gasteiger partial charge in [0.15, 0.2) is 0 Å².